The van der Waals surface area contributed by atoms with Crippen LogP contribution in [0.25, 0.3) is 10.6 Å². The van der Waals surface area contributed by atoms with E-state index in [0.29, 0.717) is 26.8 Å². The normalized spacial score (nSPS) is 10.5. The lowest BCUT2D eigenvalue weighted by Crippen LogP contribution is -2.12. The first-order valence-corrected chi connectivity index (χ1v) is 8.58. The lowest BCUT2D eigenvalue weighted by atomic mass is 10.2. The van der Waals surface area contributed by atoms with E-state index in [4.69, 9.17) is 4.74 Å². The maximum atomic E-state index is 13.1. The maximum absolute atomic E-state index is 13.1. The molecule has 0 saturated carbocycles. The SMILES string of the molecule is COc1cc([N+](=O)[O-])ccc1NC(=O)c1sc(-c2ccc(F)cc2)nc1C. The molecule has 0 aliphatic heterocycles. The minimum atomic E-state index is -0.545. The highest BCUT2D eigenvalue weighted by molar-refractivity contribution is 7.17. The topological polar surface area (TPSA) is 94.4 Å². The molecular formula is C18H14FN3O4S. The fourth-order valence-electron chi connectivity index (χ4n) is 2.40. The molecule has 0 aliphatic rings. The summed E-state index contributed by atoms with van der Waals surface area (Å²) >= 11 is 1.17. The van der Waals surface area contributed by atoms with Crippen molar-refractivity contribution in [1.29, 1.82) is 0 Å². The van der Waals surface area contributed by atoms with Crippen molar-refractivity contribution < 1.29 is 18.8 Å². The Morgan fingerprint density at radius 3 is 2.59 bits per heavy atom. The molecule has 1 amide bonds. The Balaban J connectivity index is 1.87. The summed E-state index contributed by atoms with van der Waals surface area (Å²) in [5, 5.41) is 14.1. The molecule has 0 bridgehead atoms. The molecule has 27 heavy (non-hydrogen) atoms. The highest BCUT2D eigenvalue weighted by Crippen LogP contribution is 2.32. The molecule has 7 nitrogen and oxygen atoms in total. The molecule has 1 aromatic heterocycles. The molecule has 2 aromatic carbocycles. The van der Waals surface area contributed by atoms with Crippen molar-refractivity contribution in [2.75, 3.05) is 12.4 Å². The van der Waals surface area contributed by atoms with Crippen LogP contribution in [-0.2, 0) is 0 Å². The van der Waals surface area contributed by atoms with E-state index >= 15 is 0 Å². The highest BCUT2D eigenvalue weighted by atomic mass is 32.1. The fraction of sp³-hybridized carbons (Fsp3) is 0.111. The molecule has 0 radical (unpaired) electrons. The number of hydrogen-bond donors (Lipinski definition) is 1. The van der Waals surface area contributed by atoms with E-state index in [-0.39, 0.29) is 17.3 Å². The summed E-state index contributed by atoms with van der Waals surface area (Å²) in [6, 6.07) is 9.76. The van der Waals surface area contributed by atoms with Crippen LogP contribution in [0.3, 0.4) is 0 Å². The largest absolute Gasteiger partial charge is 0.494 e. The molecule has 138 valence electrons. The number of nitro benzene ring substituents is 1. The molecule has 1 heterocycles. The van der Waals surface area contributed by atoms with Gasteiger partial charge < -0.3 is 10.1 Å². The number of carbonyl (C=O) groups is 1. The Hall–Kier alpha value is -3.33. The van der Waals surface area contributed by atoms with Crippen LogP contribution in [0, 0.1) is 22.9 Å². The number of methoxy groups -OCH3 is 1. The van der Waals surface area contributed by atoms with Crippen molar-refractivity contribution in [3.63, 3.8) is 0 Å². The van der Waals surface area contributed by atoms with Crippen LogP contribution >= 0.6 is 11.3 Å². The molecule has 0 fully saturated rings. The molecule has 3 rings (SSSR count). The number of amides is 1. The molecule has 0 unspecified atom stereocenters. The van der Waals surface area contributed by atoms with Gasteiger partial charge in [0.1, 0.15) is 21.5 Å². The summed E-state index contributed by atoms with van der Waals surface area (Å²) in [5.41, 5.74) is 1.40. The summed E-state index contributed by atoms with van der Waals surface area (Å²) in [7, 11) is 1.36. The first kappa shape index (κ1) is 18.5. The number of carbonyl (C=O) groups excluding carboxylic acids is 1. The molecule has 3 aromatic rings. The second-order valence-corrected chi connectivity index (χ2v) is 6.54. The Labute approximate surface area is 157 Å². The number of nitrogens with one attached hydrogen (secondary N) is 1. The van der Waals surface area contributed by atoms with Crippen molar-refractivity contribution in [2.24, 2.45) is 0 Å². The number of benzene rings is 2. The van der Waals surface area contributed by atoms with Crippen LogP contribution in [0.5, 0.6) is 5.75 Å². The van der Waals surface area contributed by atoms with Crippen LogP contribution in [0.4, 0.5) is 15.8 Å². The highest BCUT2D eigenvalue weighted by Gasteiger charge is 2.19. The molecule has 0 aliphatic carbocycles. The first-order valence-electron chi connectivity index (χ1n) is 7.76. The van der Waals surface area contributed by atoms with Gasteiger partial charge in [0.15, 0.2) is 0 Å². The number of hydrogen-bond acceptors (Lipinski definition) is 6. The van der Waals surface area contributed by atoms with E-state index in [1.807, 2.05) is 0 Å². The van der Waals surface area contributed by atoms with Gasteiger partial charge in [0.05, 0.1) is 29.5 Å². The van der Waals surface area contributed by atoms with Crippen LogP contribution in [-0.4, -0.2) is 22.9 Å². The van der Waals surface area contributed by atoms with Gasteiger partial charge in [-0.3, -0.25) is 14.9 Å². The third-order valence-corrected chi connectivity index (χ3v) is 4.94. The lowest BCUT2D eigenvalue weighted by molar-refractivity contribution is -0.384. The Bertz CT molecular complexity index is 1020. The summed E-state index contributed by atoms with van der Waals surface area (Å²) in [4.78, 5) is 27.7. The van der Waals surface area contributed by atoms with Gasteiger partial charge in [-0.25, -0.2) is 9.37 Å². The number of non-ortho nitro benzene ring substituents is 1. The number of anilines is 1. The summed E-state index contributed by atoms with van der Waals surface area (Å²) in [5.74, 6) is -0.584. The van der Waals surface area contributed by atoms with Crippen molar-refractivity contribution in [3.05, 3.63) is 69.0 Å². The van der Waals surface area contributed by atoms with E-state index in [1.165, 1.54) is 48.8 Å². The number of halogens is 1. The molecular weight excluding hydrogens is 373 g/mol. The van der Waals surface area contributed by atoms with E-state index < -0.39 is 10.8 Å². The van der Waals surface area contributed by atoms with Crippen LogP contribution in [0.2, 0.25) is 0 Å². The minimum Gasteiger partial charge on any atom is -0.494 e. The van der Waals surface area contributed by atoms with Gasteiger partial charge in [-0.2, -0.15) is 0 Å². The third-order valence-electron chi connectivity index (χ3n) is 3.74. The molecule has 1 N–H and O–H groups in total. The maximum Gasteiger partial charge on any atom is 0.273 e. The zero-order valence-corrected chi connectivity index (χ0v) is 15.2. The van der Waals surface area contributed by atoms with E-state index in [0.717, 1.165) is 0 Å². The van der Waals surface area contributed by atoms with Crippen molar-refractivity contribution in [2.45, 2.75) is 6.92 Å². The van der Waals surface area contributed by atoms with Crippen molar-refractivity contribution in [3.8, 4) is 16.3 Å². The predicted molar refractivity (Wildman–Crippen MR) is 99.8 cm³/mol. The van der Waals surface area contributed by atoms with Crippen LogP contribution in [0.15, 0.2) is 42.5 Å². The van der Waals surface area contributed by atoms with Crippen molar-refractivity contribution >= 4 is 28.6 Å². The molecule has 0 atom stereocenters. The van der Waals surface area contributed by atoms with Gasteiger partial charge in [-0.05, 0) is 37.3 Å². The van der Waals surface area contributed by atoms with Gasteiger partial charge in [0.2, 0.25) is 0 Å². The second-order valence-electron chi connectivity index (χ2n) is 5.54. The van der Waals surface area contributed by atoms with E-state index in [9.17, 15) is 19.3 Å². The van der Waals surface area contributed by atoms with Crippen molar-refractivity contribution in [1.82, 2.24) is 4.98 Å². The number of ether oxygens (including phenoxy) is 1. The predicted octanol–water partition coefficient (Wildman–Crippen LogP) is 4.43. The Kier molecular flexibility index (Phi) is 5.13. The number of aromatic nitrogens is 1. The average Bonchev–Trinajstić information content (AvgIpc) is 3.04. The number of nitro groups is 1. The monoisotopic (exact) mass is 387 g/mol. The Morgan fingerprint density at radius 1 is 1.26 bits per heavy atom. The minimum absolute atomic E-state index is 0.141. The van der Waals surface area contributed by atoms with Gasteiger partial charge in [-0.15, -0.1) is 11.3 Å². The molecule has 0 spiro atoms. The lowest BCUT2D eigenvalue weighted by Gasteiger charge is -2.09. The molecule has 0 saturated heterocycles. The summed E-state index contributed by atoms with van der Waals surface area (Å²) < 4.78 is 18.2. The number of rotatable bonds is 5. The Morgan fingerprint density at radius 2 is 1.96 bits per heavy atom. The average molecular weight is 387 g/mol. The standard InChI is InChI=1S/C18H14FN3O4S/c1-10-16(27-18(20-10)11-3-5-12(19)6-4-11)17(23)21-14-8-7-13(22(24)25)9-15(14)26-2/h3-9H,1-2H3,(H,21,23). The van der Waals surface area contributed by atoms with Gasteiger partial charge in [0, 0.05) is 11.6 Å². The number of thiazole rings is 1. The number of nitrogens with zero attached hydrogens (tertiary/aromatic N) is 2. The third kappa shape index (κ3) is 3.93. The van der Waals surface area contributed by atoms with Gasteiger partial charge in [-0.1, -0.05) is 0 Å². The number of aryl methyl sites for hydroxylation is 1. The van der Waals surface area contributed by atoms with Gasteiger partial charge >= 0.3 is 0 Å². The fourth-order valence-corrected chi connectivity index (χ4v) is 3.37. The second kappa shape index (κ2) is 7.50. The van der Waals surface area contributed by atoms with E-state index in [1.54, 1.807) is 19.1 Å². The van der Waals surface area contributed by atoms with Gasteiger partial charge in [0.25, 0.3) is 11.6 Å². The first-order chi connectivity index (χ1) is 12.9. The smallest absolute Gasteiger partial charge is 0.273 e. The zero-order valence-electron chi connectivity index (χ0n) is 14.4. The van der Waals surface area contributed by atoms with E-state index in [2.05, 4.69) is 10.3 Å². The zero-order chi connectivity index (χ0) is 19.6. The quantitative estimate of drug-likeness (QED) is 0.516. The summed E-state index contributed by atoms with van der Waals surface area (Å²) in [6.07, 6.45) is 0. The van der Waals surface area contributed by atoms with Crippen LogP contribution < -0.4 is 10.1 Å². The van der Waals surface area contributed by atoms with Crippen LogP contribution in [0.1, 0.15) is 15.4 Å². The molecule has 9 heteroatoms. The summed E-state index contributed by atoms with van der Waals surface area (Å²) in [6.45, 7) is 1.70.